The van der Waals surface area contributed by atoms with Gasteiger partial charge in [0.1, 0.15) is 5.69 Å². The highest BCUT2D eigenvalue weighted by atomic mass is 19.2. The molecule has 0 aromatic heterocycles. The number of rotatable bonds is 5. The van der Waals surface area contributed by atoms with Crippen molar-refractivity contribution in [3.8, 4) is 11.1 Å². The van der Waals surface area contributed by atoms with E-state index in [4.69, 9.17) is 0 Å². The summed E-state index contributed by atoms with van der Waals surface area (Å²) in [6.45, 7) is -1.51. The first-order chi connectivity index (χ1) is 25.4. The van der Waals surface area contributed by atoms with Crippen molar-refractivity contribution in [1.82, 2.24) is 0 Å². The molecule has 0 radical (unpaired) electrons. The molecule has 54 heavy (non-hydrogen) atoms. The molecule has 7 aromatic rings. The van der Waals surface area contributed by atoms with Crippen molar-refractivity contribution < 1.29 is 79.0 Å². The number of hydrogen-bond acceptors (Lipinski definition) is 1. The summed E-state index contributed by atoms with van der Waals surface area (Å²) in [6.07, 6.45) is 0. The van der Waals surface area contributed by atoms with Gasteiger partial charge in [0.15, 0.2) is 98.9 Å². The van der Waals surface area contributed by atoms with Gasteiger partial charge in [-0.2, -0.15) is 0 Å². The standard InChI is InChI=1S/C35H7F18N/c36-16-10-8-9-12(18(16)38)25(45)35(26(46)13(9)19(39)17(37)11(8)21(41)27(47)20(10)40)54(6-7-4-2-1-3-5-7)34-15(24(44)30(50)32(52)33(34)53)14-22(42)28(48)31(51)29(49)23(14)43/h1-5H,6H2. The third-order valence-electron chi connectivity index (χ3n) is 8.62. The maximum atomic E-state index is 16.8. The first-order valence-electron chi connectivity index (χ1n) is 14.4. The van der Waals surface area contributed by atoms with E-state index < -0.39 is 177 Å². The second-order valence-corrected chi connectivity index (χ2v) is 11.4. The second kappa shape index (κ2) is 12.3. The van der Waals surface area contributed by atoms with Gasteiger partial charge in [-0.1, -0.05) is 30.3 Å². The van der Waals surface area contributed by atoms with Crippen molar-refractivity contribution >= 4 is 43.7 Å². The molecule has 0 spiro atoms. The van der Waals surface area contributed by atoms with Gasteiger partial charge in [-0.15, -0.1) is 0 Å². The van der Waals surface area contributed by atoms with E-state index in [1.54, 1.807) is 0 Å². The molecule has 0 fully saturated rings. The Morgan fingerprint density at radius 1 is 0.278 bits per heavy atom. The molecule has 0 atom stereocenters. The van der Waals surface area contributed by atoms with E-state index in [1.165, 1.54) is 6.07 Å². The zero-order chi connectivity index (χ0) is 39.6. The molecule has 0 N–H and O–H groups in total. The second-order valence-electron chi connectivity index (χ2n) is 11.4. The summed E-state index contributed by atoms with van der Waals surface area (Å²) in [7, 11) is 0. The maximum absolute atomic E-state index is 16.8. The fourth-order valence-corrected chi connectivity index (χ4v) is 6.30. The Kier molecular flexibility index (Phi) is 8.34. The molecule has 0 aliphatic heterocycles. The molecule has 1 nitrogen and oxygen atoms in total. The van der Waals surface area contributed by atoms with Gasteiger partial charge >= 0.3 is 0 Å². The number of halogens is 18. The minimum absolute atomic E-state index is 0.396. The van der Waals surface area contributed by atoms with Crippen LogP contribution in [0, 0.1) is 105 Å². The zero-order valence-corrected chi connectivity index (χ0v) is 25.3. The molecule has 0 amide bonds. The van der Waals surface area contributed by atoms with Crippen molar-refractivity contribution in [2.45, 2.75) is 6.54 Å². The van der Waals surface area contributed by atoms with Crippen molar-refractivity contribution in [2.75, 3.05) is 4.90 Å². The molecule has 0 bridgehead atoms. The van der Waals surface area contributed by atoms with Gasteiger partial charge in [0.2, 0.25) is 5.82 Å². The Balaban J connectivity index is 1.75. The Bertz CT molecular complexity index is 2660. The highest BCUT2D eigenvalue weighted by molar-refractivity contribution is 6.25. The monoisotopic (exact) mass is 783 g/mol. The van der Waals surface area contributed by atoms with Gasteiger partial charge in [-0.05, 0) is 5.56 Å². The zero-order valence-electron chi connectivity index (χ0n) is 25.3. The maximum Gasteiger partial charge on any atom is 0.200 e. The molecule has 0 heterocycles. The predicted molar refractivity (Wildman–Crippen MR) is 154 cm³/mol. The van der Waals surface area contributed by atoms with Crippen molar-refractivity contribution in [2.24, 2.45) is 0 Å². The minimum atomic E-state index is -3.00. The van der Waals surface area contributed by atoms with Crippen LogP contribution in [0.5, 0.6) is 0 Å². The molecular formula is C35H7F18N. The number of benzene rings is 7. The molecule has 7 aromatic carbocycles. The van der Waals surface area contributed by atoms with E-state index in [0.717, 1.165) is 24.3 Å². The summed E-state index contributed by atoms with van der Waals surface area (Å²) in [5.41, 5.74) is -10.0. The fourth-order valence-electron chi connectivity index (χ4n) is 6.30. The molecule has 0 saturated carbocycles. The molecule has 278 valence electrons. The first kappa shape index (κ1) is 36.5. The molecule has 19 heteroatoms. The van der Waals surface area contributed by atoms with Gasteiger partial charge in [0.05, 0.1) is 38.4 Å². The summed E-state index contributed by atoms with van der Waals surface area (Å²) in [4.78, 5) is -0.488. The van der Waals surface area contributed by atoms with Crippen LogP contribution in [0.2, 0.25) is 0 Å². The van der Waals surface area contributed by atoms with Gasteiger partial charge < -0.3 is 4.90 Å². The smallest absolute Gasteiger partial charge is 0.200 e. The van der Waals surface area contributed by atoms with Crippen molar-refractivity contribution in [1.29, 1.82) is 0 Å². The third kappa shape index (κ3) is 4.65. The van der Waals surface area contributed by atoms with Crippen LogP contribution in [0.15, 0.2) is 30.3 Å². The quantitative estimate of drug-likeness (QED) is 0.0727. The summed E-state index contributed by atoms with van der Waals surface area (Å²) in [5.74, 6) is -50.4. The van der Waals surface area contributed by atoms with Gasteiger partial charge in [-0.25, -0.2) is 79.0 Å². The van der Waals surface area contributed by atoms with Crippen LogP contribution < -0.4 is 4.90 Å². The summed E-state index contributed by atoms with van der Waals surface area (Å²) < 4.78 is 274. The molecule has 0 unspecified atom stereocenters. The van der Waals surface area contributed by atoms with E-state index in [0.29, 0.717) is 0 Å². The average Bonchev–Trinajstić information content (AvgIpc) is 3.14. The van der Waals surface area contributed by atoms with E-state index in [9.17, 15) is 35.1 Å². The Morgan fingerprint density at radius 2 is 0.593 bits per heavy atom. The van der Waals surface area contributed by atoms with Crippen molar-refractivity contribution in [3.05, 3.63) is 141 Å². The van der Waals surface area contributed by atoms with Crippen LogP contribution in [0.3, 0.4) is 0 Å². The predicted octanol–water partition coefficient (Wildman–Crippen LogP) is 12.1. The van der Waals surface area contributed by atoms with Crippen LogP contribution in [-0.4, -0.2) is 0 Å². The minimum Gasteiger partial charge on any atom is -0.329 e. The highest BCUT2D eigenvalue weighted by Gasteiger charge is 2.41. The fraction of sp³-hybridized carbons (Fsp3) is 0.0286. The number of hydrogen-bond donors (Lipinski definition) is 0. The van der Waals surface area contributed by atoms with Crippen LogP contribution in [-0.2, 0) is 6.54 Å². The SMILES string of the molecule is Fc1c(F)c(F)c(-c2c(F)c(F)c(F)c(F)c2N(Cc2ccccc2)c2c(F)c3c(F)c(F)c4c(F)c(F)c(F)c5c(F)c(F)c(c2F)c3c45)c(F)c1F. The van der Waals surface area contributed by atoms with Gasteiger partial charge in [0, 0.05) is 17.3 Å². The van der Waals surface area contributed by atoms with E-state index in [1.807, 2.05) is 0 Å². The summed E-state index contributed by atoms with van der Waals surface area (Å²) >= 11 is 0. The highest BCUT2D eigenvalue weighted by Crippen LogP contribution is 2.51. The van der Waals surface area contributed by atoms with Gasteiger partial charge in [-0.3, -0.25) is 0 Å². The van der Waals surface area contributed by atoms with Crippen LogP contribution in [0.25, 0.3) is 43.4 Å². The molecule has 0 saturated heterocycles. The molecule has 7 rings (SSSR count). The lowest BCUT2D eigenvalue weighted by atomic mass is 9.90. The number of anilines is 2. The molecular weight excluding hydrogens is 776 g/mol. The van der Waals surface area contributed by atoms with E-state index in [-0.39, 0.29) is 0 Å². The molecule has 0 aliphatic rings. The molecule has 0 aliphatic carbocycles. The van der Waals surface area contributed by atoms with Gasteiger partial charge in [0.25, 0.3) is 0 Å². The van der Waals surface area contributed by atoms with Crippen molar-refractivity contribution in [3.63, 3.8) is 0 Å². The lowest BCUT2D eigenvalue weighted by Crippen LogP contribution is -2.24. The summed E-state index contributed by atoms with van der Waals surface area (Å²) in [5, 5.41) is -11.6. The van der Waals surface area contributed by atoms with E-state index in [2.05, 4.69) is 0 Å². The Morgan fingerprint density at radius 3 is 1.02 bits per heavy atom. The lowest BCUT2D eigenvalue weighted by molar-refractivity contribution is 0.379. The Labute approximate surface area is 286 Å². The van der Waals surface area contributed by atoms with E-state index >= 15 is 43.9 Å². The van der Waals surface area contributed by atoms with Crippen LogP contribution in [0.4, 0.5) is 90.4 Å². The van der Waals surface area contributed by atoms with Crippen LogP contribution >= 0.6 is 0 Å². The van der Waals surface area contributed by atoms with Crippen LogP contribution in [0.1, 0.15) is 5.56 Å². The number of nitrogens with zero attached hydrogens (tertiary/aromatic N) is 1. The third-order valence-corrected chi connectivity index (χ3v) is 8.62. The normalized spacial score (nSPS) is 12.0. The largest absolute Gasteiger partial charge is 0.329 e. The Hall–Kier alpha value is -5.88. The lowest BCUT2D eigenvalue weighted by Gasteiger charge is -2.30. The average molecular weight is 783 g/mol. The topological polar surface area (TPSA) is 3.24 Å². The summed E-state index contributed by atoms with van der Waals surface area (Å²) in [6, 6.07) is 5.46. The first-order valence-corrected chi connectivity index (χ1v) is 14.4.